The summed E-state index contributed by atoms with van der Waals surface area (Å²) in [7, 11) is 3.24. The Balaban J connectivity index is 2.46. The number of carbonyl (C=O) groups excluding carboxylic acids is 1. The smallest absolute Gasteiger partial charge is 0.407 e. The van der Waals surface area contributed by atoms with Gasteiger partial charge in [0.2, 0.25) is 0 Å². The van der Waals surface area contributed by atoms with Gasteiger partial charge in [-0.05, 0) is 35.6 Å². The summed E-state index contributed by atoms with van der Waals surface area (Å²) in [6, 6.07) is 5.60. The van der Waals surface area contributed by atoms with Crippen LogP contribution < -0.4 is 14.8 Å². The number of rotatable bonds is 6. The van der Waals surface area contributed by atoms with Gasteiger partial charge in [-0.3, -0.25) is 0 Å². The van der Waals surface area contributed by atoms with Crippen LogP contribution in [0, 0.1) is 5.41 Å². The molecule has 0 fully saturated rings. The first-order chi connectivity index (χ1) is 9.85. The Kier molecular flexibility index (Phi) is 6.34. The summed E-state index contributed by atoms with van der Waals surface area (Å²) >= 11 is 0. The number of ether oxygens (including phenoxy) is 3. The fourth-order valence-electron chi connectivity index (χ4n) is 1.71. The molecule has 0 aliphatic carbocycles. The highest BCUT2D eigenvalue weighted by atomic mass is 16.5. The van der Waals surface area contributed by atoms with Crippen molar-refractivity contribution in [2.45, 2.75) is 27.2 Å². The second-order valence-corrected chi connectivity index (χ2v) is 5.99. The number of carbonyl (C=O) groups is 1. The van der Waals surface area contributed by atoms with Crippen LogP contribution in [0.2, 0.25) is 0 Å². The maximum absolute atomic E-state index is 11.6. The van der Waals surface area contributed by atoms with Gasteiger partial charge in [-0.1, -0.05) is 20.8 Å². The van der Waals surface area contributed by atoms with Gasteiger partial charge in [0, 0.05) is 6.54 Å². The number of benzene rings is 1. The highest BCUT2D eigenvalue weighted by molar-refractivity contribution is 5.67. The number of nitrogens with one attached hydrogen (secondary N) is 1. The van der Waals surface area contributed by atoms with Gasteiger partial charge in [0.25, 0.3) is 0 Å². The number of hydrogen-bond donors (Lipinski definition) is 1. The molecule has 118 valence electrons. The molecule has 0 atom stereocenters. The lowest BCUT2D eigenvalue weighted by Gasteiger charge is -2.18. The molecule has 1 amide bonds. The van der Waals surface area contributed by atoms with E-state index in [0.29, 0.717) is 19.6 Å². The van der Waals surface area contributed by atoms with Crippen LogP contribution in [0.25, 0.3) is 0 Å². The second kappa shape index (κ2) is 7.76. The first-order valence-electron chi connectivity index (χ1n) is 6.97. The summed E-state index contributed by atoms with van der Waals surface area (Å²) in [5.74, 6) is 1.54. The minimum absolute atomic E-state index is 0.0344. The largest absolute Gasteiger partial charge is 0.497 e. The Morgan fingerprint density at radius 1 is 1.19 bits per heavy atom. The predicted octanol–water partition coefficient (Wildman–Crippen LogP) is 3.02. The normalized spacial score (nSPS) is 10.9. The van der Waals surface area contributed by atoms with Gasteiger partial charge >= 0.3 is 6.09 Å². The Morgan fingerprint density at radius 2 is 1.90 bits per heavy atom. The van der Waals surface area contributed by atoms with Gasteiger partial charge in [0.15, 0.2) is 0 Å². The SMILES string of the molecule is COc1ccc(OC)c(CCNC(=O)OCC(C)(C)C)c1. The van der Waals surface area contributed by atoms with Gasteiger partial charge < -0.3 is 19.5 Å². The van der Waals surface area contributed by atoms with Crippen molar-refractivity contribution in [2.24, 2.45) is 5.41 Å². The lowest BCUT2D eigenvalue weighted by Crippen LogP contribution is -2.29. The molecule has 0 aliphatic rings. The zero-order valence-electron chi connectivity index (χ0n) is 13.5. The maximum atomic E-state index is 11.6. The number of amides is 1. The molecular formula is C16H25NO4. The summed E-state index contributed by atoms with van der Waals surface area (Å²) < 4.78 is 15.6. The standard InChI is InChI=1S/C16H25NO4/c1-16(2,3)11-21-15(18)17-9-8-12-10-13(19-4)6-7-14(12)20-5/h6-7,10H,8-9,11H2,1-5H3,(H,17,18). The van der Waals surface area contributed by atoms with Gasteiger partial charge in [-0.2, -0.15) is 0 Å². The maximum Gasteiger partial charge on any atom is 0.407 e. The molecule has 1 aromatic carbocycles. The lowest BCUT2D eigenvalue weighted by molar-refractivity contribution is 0.106. The first kappa shape index (κ1) is 17.1. The third kappa shape index (κ3) is 6.38. The van der Waals surface area contributed by atoms with E-state index in [0.717, 1.165) is 17.1 Å². The van der Waals surface area contributed by atoms with E-state index in [1.807, 2.05) is 39.0 Å². The summed E-state index contributed by atoms with van der Waals surface area (Å²) in [5.41, 5.74) is 0.945. The molecule has 0 radical (unpaired) electrons. The molecule has 0 aliphatic heterocycles. The van der Waals surface area contributed by atoms with E-state index in [1.165, 1.54) is 0 Å². The zero-order chi connectivity index (χ0) is 15.9. The van der Waals surface area contributed by atoms with Crippen LogP contribution in [0.4, 0.5) is 4.79 Å². The predicted molar refractivity (Wildman–Crippen MR) is 82.1 cm³/mol. The average Bonchev–Trinajstić information content (AvgIpc) is 2.44. The molecule has 0 spiro atoms. The van der Waals surface area contributed by atoms with Crippen molar-refractivity contribution in [3.05, 3.63) is 23.8 Å². The lowest BCUT2D eigenvalue weighted by atomic mass is 9.99. The molecule has 5 nitrogen and oxygen atoms in total. The van der Waals surface area contributed by atoms with E-state index in [4.69, 9.17) is 14.2 Å². The summed E-state index contributed by atoms with van der Waals surface area (Å²) in [6.07, 6.45) is 0.247. The highest BCUT2D eigenvalue weighted by Crippen LogP contribution is 2.24. The van der Waals surface area contributed by atoms with E-state index in [-0.39, 0.29) is 5.41 Å². The van der Waals surface area contributed by atoms with Gasteiger partial charge in [0.1, 0.15) is 11.5 Å². The van der Waals surface area contributed by atoms with Crippen LogP contribution in [0.3, 0.4) is 0 Å². The van der Waals surface area contributed by atoms with Crippen LogP contribution in [0.15, 0.2) is 18.2 Å². The molecule has 0 saturated carbocycles. The van der Waals surface area contributed by atoms with E-state index in [2.05, 4.69) is 5.32 Å². The zero-order valence-corrected chi connectivity index (χ0v) is 13.5. The minimum atomic E-state index is -0.396. The van der Waals surface area contributed by atoms with Gasteiger partial charge in [0.05, 0.1) is 20.8 Å². The van der Waals surface area contributed by atoms with Crippen molar-refractivity contribution >= 4 is 6.09 Å². The molecule has 1 aromatic rings. The van der Waals surface area contributed by atoms with E-state index in [1.54, 1.807) is 14.2 Å². The Morgan fingerprint density at radius 3 is 2.48 bits per heavy atom. The first-order valence-corrected chi connectivity index (χ1v) is 6.97. The summed E-state index contributed by atoms with van der Waals surface area (Å²) in [4.78, 5) is 11.6. The van der Waals surface area contributed by atoms with Crippen LogP contribution in [0.5, 0.6) is 11.5 Å². The molecule has 1 N–H and O–H groups in total. The van der Waals surface area contributed by atoms with Crippen molar-refractivity contribution in [2.75, 3.05) is 27.4 Å². The Labute approximate surface area is 126 Å². The topological polar surface area (TPSA) is 56.8 Å². The molecule has 0 bridgehead atoms. The fraction of sp³-hybridized carbons (Fsp3) is 0.562. The van der Waals surface area contributed by atoms with Crippen molar-refractivity contribution in [3.63, 3.8) is 0 Å². The van der Waals surface area contributed by atoms with Crippen molar-refractivity contribution < 1.29 is 19.0 Å². The summed E-state index contributed by atoms with van der Waals surface area (Å²) in [6.45, 7) is 6.91. The molecule has 5 heteroatoms. The Hall–Kier alpha value is -1.91. The molecule has 21 heavy (non-hydrogen) atoms. The van der Waals surface area contributed by atoms with Crippen LogP contribution in [0.1, 0.15) is 26.3 Å². The quantitative estimate of drug-likeness (QED) is 0.876. The second-order valence-electron chi connectivity index (χ2n) is 5.99. The van der Waals surface area contributed by atoms with E-state index < -0.39 is 6.09 Å². The molecule has 0 heterocycles. The summed E-state index contributed by atoms with van der Waals surface area (Å²) in [5, 5.41) is 2.73. The molecule has 0 aromatic heterocycles. The molecular weight excluding hydrogens is 270 g/mol. The number of hydrogen-bond acceptors (Lipinski definition) is 4. The van der Waals surface area contributed by atoms with Crippen molar-refractivity contribution in [1.82, 2.24) is 5.32 Å². The molecule has 0 saturated heterocycles. The third-order valence-electron chi connectivity index (χ3n) is 2.79. The van der Waals surface area contributed by atoms with Gasteiger partial charge in [-0.25, -0.2) is 4.79 Å². The fourth-order valence-corrected chi connectivity index (χ4v) is 1.71. The van der Waals surface area contributed by atoms with E-state index >= 15 is 0 Å². The van der Waals surface area contributed by atoms with Crippen LogP contribution in [-0.4, -0.2) is 33.5 Å². The monoisotopic (exact) mass is 295 g/mol. The van der Waals surface area contributed by atoms with E-state index in [9.17, 15) is 4.79 Å². The van der Waals surface area contributed by atoms with Gasteiger partial charge in [-0.15, -0.1) is 0 Å². The average molecular weight is 295 g/mol. The van der Waals surface area contributed by atoms with Crippen molar-refractivity contribution in [1.29, 1.82) is 0 Å². The third-order valence-corrected chi connectivity index (χ3v) is 2.79. The molecule has 0 unspecified atom stereocenters. The highest BCUT2D eigenvalue weighted by Gasteiger charge is 2.13. The number of alkyl carbamates (subject to hydrolysis) is 1. The number of methoxy groups -OCH3 is 2. The molecule has 1 rings (SSSR count). The van der Waals surface area contributed by atoms with Crippen molar-refractivity contribution in [3.8, 4) is 11.5 Å². The minimum Gasteiger partial charge on any atom is -0.497 e. The van der Waals surface area contributed by atoms with Crippen LogP contribution in [-0.2, 0) is 11.2 Å². The van der Waals surface area contributed by atoms with Crippen LogP contribution >= 0.6 is 0 Å². The Bertz CT molecular complexity index is 466.